The fourth-order valence-corrected chi connectivity index (χ4v) is 5.58. The van der Waals surface area contributed by atoms with Crippen molar-refractivity contribution in [2.45, 2.75) is 25.0 Å². The van der Waals surface area contributed by atoms with E-state index in [1.54, 1.807) is 0 Å². The predicted octanol–water partition coefficient (Wildman–Crippen LogP) is 4.78. The maximum absolute atomic E-state index is 13.5. The normalized spacial score (nSPS) is 23.1. The van der Waals surface area contributed by atoms with Crippen LogP contribution < -0.4 is 5.32 Å². The number of quaternary nitrogens is 1. The number of hydrogen-bond donors (Lipinski definition) is 1. The number of benzene rings is 3. The zero-order valence-electron chi connectivity index (χ0n) is 20.5. The van der Waals surface area contributed by atoms with Crippen molar-refractivity contribution >= 4 is 23.1 Å². The number of para-hydroxylation sites is 1. The molecule has 3 heterocycles. The minimum absolute atomic E-state index is 0.0357. The van der Waals surface area contributed by atoms with Gasteiger partial charge in [0, 0.05) is 42.1 Å². The standard InChI is InChI=1S/C29H30N3O5/c33-26(21-11-13-25(14-12-21)31(35)36)19-32-17-15-22(16-18-32)27(20-32)37-29(34)28(23-7-3-1-4-8-23)30-24-9-5-2-6-10-24/h1-14,22,27-28,30H,15-20H2/q+1/t22?,27-,28?,32?/m0/s1. The van der Waals surface area contributed by atoms with E-state index in [9.17, 15) is 19.7 Å². The highest BCUT2D eigenvalue weighted by Gasteiger charge is 2.49. The molecule has 0 amide bonds. The van der Waals surface area contributed by atoms with E-state index in [4.69, 9.17) is 4.74 Å². The van der Waals surface area contributed by atoms with Crippen molar-refractivity contribution in [2.24, 2.45) is 5.92 Å². The Balaban J connectivity index is 1.29. The number of Topliss-reactive ketones (excluding diaryl/α,β-unsaturated/α-hetero) is 1. The molecular formula is C29H30N3O5+. The molecule has 6 rings (SSSR count). The summed E-state index contributed by atoms with van der Waals surface area (Å²) in [5.41, 5.74) is 2.09. The number of nitrogens with zero attached hydrogens (tertiary/aromatic N) is 2. The number of carbonyl (C=O) groups excluding carboxylic acids is 2. The van der Waals surface area contributed by atoms with Crippen LogP contribution in [0.1, 0.15) is 34.8 Å². The summed E-state index contributed by atoms with van der Waals surface area (Å²) in [6.07, 6.45) is 1.53. The largest absolute Gasteiger partial charge is 0.454 e. The lowest BCUT2D eigenvalue weighted by Crippen LogP contribution is -2.65. The second kappa shape index (κ2) is 10.5. The summed E-state index contributed by atoms with van der Waals surface area (Å²) in [6, 6.07) is 24.3. The van der Waals surface area contributed by atoms with Gasteiger partial charge in [0.25, 0.3) is 5.69 Å². The van der Waals surface area contributed by atoms with Gasteiger partial charge in [0.15, 0.2) is 12.1 Å². The summed E-state index contributed by atoms with van der Waals surface area (Å²) in [6.45, 7) is 2.62. The molecule has 0 saturated carbocycles. The lowest BCUT2D eigenvalue weighted by Gasteiger charge is -2.51. The lowest BCUT2D eigenvalue weighted by atomic mass is 9.82. The number of non-ortho nitro benzene ring substituents is 1. The second-order valence-corrected chi connectivity index (χ2v) is 10.0. The molecule has 3 aromatic carbocycles. The summed E-state index contributed by atoms with van der Waals surface area (Å²) < 4.78 is 6.74. The van der Waals surface area contributed by atoms with Crippen LogP contribution in [0.25, 0.3) is 0 Å². The van der Waals surface area contributed by atoms with Gasteiger partial charge in [-0.25, -0.2) is 4.79 Å². The van der Waals surface area contributed by atoms with Gasteiger partial charge in [0.1, 0.15) is 13.1 Å². The van der Waals surface area contributed by atoms with Crippen molar-refractivity contribution < 1.29 is 23.7 Å². The number of nitro benzene ring substituents is 1. The van der Waals surface area contributed by atoms with Gasteiger partial charge in [0.2, 0.25) is 5.78 Å². The molecule has 2 bridgehead atoms. The van der Waals surface area contributed by atoms with E-state index in [1.807, 2.05) is 60.7 Å². The van der Waals surface area contributed by atoms with E-state index >= 15 is 0 Å². The highest BCUT2D eigenvalue weighted by Crippen LogP contribution is 2.37. The van der Waals surface area contributed by atoms with Crippen molar-refractivity contribution in [3.8, 4) is 0 Å². The van der Waals surface area contributed by atoms with Gasteiger partial charge >= 0.3 is 5.97 Å². The average Bonchev–Trinajstić information content (AvgIpc) is 2.93. The molecule has 0 aliphatic carbocycles. The Bertz CT molecular complexity index is 1260. The van der Waals surface area contributed by atoms with Crippen LogP contribution in [0.2, 0.25) is 0 Å². The molecule has 1 N–H and O–H groups in total. The van der Waals surface area contributed by atoms with Gasteiger partial charge in [-0.3, -0.25) is 14.9 Å². The van der Waals surface area contributed by atoms with E-state index in [1.165, 1.54) is 24.3 Å². The number of hydrogen-bond acceptors (Lipinski definition) is 6. The van der Waals surface area contributed by atoms with Crippen molar-refractivity contribution in [2.75, 3.05) is 31.5 Å². The molecule has 1 unspecified atom stereocenters. The van der Waals surface area contributed by atoms with Gasteiger partial charge < -0.3 is 14.5 Å². The second-order valence-electron chi connectivity index (χ2n) is 10.0. The summed E-state index contributed by atoms with van der Waals surface area (Å²) in [7, 11) is 0. The molecule has 2 atom stereocenters. The molecule has 0 aromatic heterocycles. The van der Waals surface area contributed by atoms with Gasteiger partial charge in [-0.15, -0.1) is 0 Å². The number of fused-ring (bicyclic) bond motifs is 3. The van der Waals surface area contributed by atoms with Crippen molar-refractivity contribution in [1.29, 1.82) is 0 Å². The molecule has 3 fully saturated rings. The summed E-state index contributed by atoms with van der Waals surface area (Å²) in [5, 5.41) is 14.3. The van der Waals surface area contributed by atoms with Crippen LogP contribution in [0.4, 0.5) is 11.4 Å². The monoisotopic (exact) mass is 500 g/mol. The maximum Gasteiger partial charge on any atom is 0.333 e. The third-order valence-corrected chi connectivity index (χ3v) is 7.64. The zero-order chi connectivity index (χ0) is 25.8. The minimum atomic E-state index is -0.644. The number of ketones is 1. The smallest absolute Gasteiger partial charge is 0.333 e. The number of piperidine rings is 3. The number of carbonyl (C=O) groups is 2. The Labute approximate surface area is 215 Å². The van der Waals surface area contributed by atoms with Crippen LogP contribution in [-0.2, 0) is 9.53 Å². The molecule has 0 spiro atoms. The topological polar surface area (TPSA) is 98.5 Å². The van der Waals surface area contributed by atoms with Gasteiger partial charge in [-0.2, -0.15) is 0 Å². The zero-order valence-corrected chi connectivity index (χ0v) is 20.5. The number of esters is 1. The summed E-state index contributed by atoms with van der Waals surface area (Å²) >= 11 is 0. The first-order chi connectivity index (χ1) is 17.9. The molecule has 8 nitrogen and oxygen atoms in total. The molecule has 37 heavy (non-hydrogen) atoms. The fraction of sp³-hybridized carbons (Fsp3) is 0.310. The van der Waals surface area contributed by atoms with E-state index in [0.717, 1.165) is 37.2 Å². The average molecular weight is 501 g/mol. The molecule has 8 heteroatoms. The molecule has 0 radical (unpaired) electrons. The first kappa shape index (κ1) is 24.6. The van der Waals surface area contributed by atoms with Crippen molar-refractivity contribution in [3.05, 3.63) is 106 Å². The van der Waals surface area contributed by atoms with E-state index < -0.39 is 11.0 Å². The van der Waals surface area contributed by atoms with Crippen LogP contribution in [0, 0.1) is 16.0 Å². The molecule has 3 aliphatic rings. The molecular weight excluding hydrogens is 470 g/mol. The Morgan fingerprint density at radius 1 is 0.946 bits per heavy atom. The number of rotatable bonds is 9. The first-order valence-electron chi connectivity index (χ1n) is 12.6. The van der Waals surface area contributed by atoms with E-state index in [2.05, 4.69) is 5.32 Å². The van der Waals surface area contributed by atoms with Crippen LogP contribution >= 0.6 is 0 Å². The summed E-state index contributed by atoms with van der Waals surface area (Å²) in [5.74, 6) is -0.0894. The Morgan fingerprint density at radius 3 is 2.19 bits per heavy atom. The van der Waals surface area contributed by atoms with Crippen molar-refractivity contribution in [3.63, 3.8) is 0 Å². The summed E-state index contributed by atoms with van der Waals surface area (Å²) in [4.78, 5) is 37.1. The number of nitrogens with one attached hydrogen (secondary N) is 1. The number of ether oxygens (including phenoxy) is 1. The Hall–Kier alpha value is -4.04. The molecule has 3 aliphatic heterocycles. The number of anilines is 1. The maximum atomic E-state index is 13.5. The molecule has 190 valence electrons. The molecule has 3 saturated heterocycles. The van der Waals surface area contributed by atoms with Gasteiger partial charge in [-0.1, -0.05) is 48.5 Å². The quantitative estimate of drug-likeness (QED) is 0.149. The third kappa shape index (κ3) is 5.54. The SMILES string of the molecule is O=C(C[N+]12CCC(CC1)[C@@H](OC(=O)C(Nc1ccccc1)c1ccccc1)C2)c1ccc([N+](=O)[O-])cc1. The van der Waals surface area contributed by atoms with E-state index in [-0.39, 0.29) is 29.5 Å². The highest BCUT2D eigenvalue weighted by atomic mass is 16.6. The third-order valence-electron chi connectivity index (χ3n) is 7.64. The van der Waals surface area contributed by atoms with Crippen LogP contribution in [0.5, 0.6) is 0 Å². The first-order valence-corrected chi connectivity index (χ1v) is 12.6. The Morgan fingerprint density at radius 2 is 1.57 bits per heavy atom. The van der Waals surface area contributed by atoms with Gasteiger partial charge in [0.05, 0.1) is 18.0 Å². The molecule has 3 aromatic rings. The minimum Gasteiger partial charge on any atom is -0.454 e. The highest BCUT2D eigenvalue weighted by molar-refractivity contribution is 5.97. The Kier molecular flexibility index (Phi) is 7.01. The van der Waals surface area contributed by atoms with Crippen LogP contribution in [-0.4, -0.2) is 53.4 Å². The number of nitro groups is 1. The van der Waals surface area contributed by atoms with Crippen molar-refractivity contribution in [1.82, 2.24) is 0 Å². The predicted molar refractivity (Wildman–Crippen MR) is 139 cm³/mol. The van der Waals surface area contributed by atoms with E-state index in [0.29, 0.717) is 23.1 Å². The van der Waals surface area contributed by atoms with Crippen LogP contribution in [0.15, 0.2) is 84.9 Å². The fourth-order valence-electron chi connectivity index (χ4n) is 5.58. The lowest BCUT2D eigenvalue weighted by molar-refractivity contribution is -0.938. The van der Waals surface area contributed by atoms with Crippen LogP contribution in [0.3, 0.4) is 0 Å². The van der Waals surface area contributed by atoms with Gasteiger partial charge in [-0.05, 0) is 29.8 Å².